The summed E-state index contributed by atoms with van der Waals surface area (Å²) in [5.74, 6) is 2.01. The number of likely N-dealkylation sites (N-methyl/N-ethyl adjacent to an activating group) is 1. The molecule has 7 heteroatoms. The van der Waals surface area contributed by atoms with Crippen molar-refractivity contribution < 1.29 is 0 Å². The van der Waals surface area contributed by atoms with Crippen LogP contribution in [-0.4, -0.2) is 37.2 Å². The quantitative estimate of drug-likeness (QED) is 0.391. The van der Waals surface area contributed by atoms with E-state index in [4.69, 9.17) is 4.98 Å². The summed E-state index contributed by atoms with van der Waals surface area (Å²) in [6, 6.07) is 20.9. The highest BCUT2D eigenvalue weighted by Crippen LogP contribution is 2.25. The molecule has 3 aromatic heterocycles. The lowest BCUT2D eigenvalue weighted by atomic mass is 10.1. The van der Waals surface area contributed by atoms with Gasteiger partial charge in [-0.3, -0.25) is 4.79 Å². The highest BCUT2D eigenvalue weighted by Gasteiger charge is 2.15. The first-order valence-corrected chi connectivity index (χ1v) is 11.0. The Balaban J connectivity index is 1.59. The van der Waals surface area contributed by atoms with Gasteiger partial charge in [-0.15, -0.1) is 0 Å². The van der Waals surface area contributed by atoms with Crippen LogP contribution in [0.5, 0.6) is 0 Å². The van der Waals surface area contributed by atoms with Crippen LogP contribution in [0.25, 0.3) is 39.5 Å². The molecule has 3 heterocycles. The Morgan fingerprint density at radius 1 is 0.848 bits per heavy atom. The average molecular weight is 437 g/mol. The maximum atomic E-state index is 13.4. The van der Waals surface area contributed by atoms with Crippen molar-refractivity contribution in [1.82, 2.24) is 29.4 Å². The molecule has 0 atom stereocenters. The molecule has 2 aromatic carbocycles. The molecule has 164 valence electrons. The number of nitrogens with zero attached hydrogens (tertiary/aromatic N) is 5. The Kier molecular flexibility index (Phi) is 5.78. The van der Waals surface area contributed by atoms with Crippen molar-refractivity contribution in [2.45, 2.75) is 13.5 Å². The number of rotatable bonds is 7. The number of hydrogen-bond acceptors (Lipinski definition) is 5. The van der Waals surface area contributed by atoms with Crippen LogP contribution in [0.1, 0.15) is 6.92 Å². The van der Waals surface area contributed by atoms with Crippen molar-refractivity contribution >= 4 is 10.9 Å². The van der Waals surface area contributed by atoms with Gasteiger partial charge in [-0.25, -0.2) is 19.5 Å². The molecular formula is C26H24N6O. The normalized spacial score (nSPS) is 11.2. The number of imidazole rings is 1. The average Bonchev–Trinajstić information content (AvgIpc) is 3.33. The summed E-state index contributed by atoms with van der Waals surface area (Å²) in [7, 11) is 0. The van der Waals surface area contributed by atoms with Crippen LogP contribution in [0.3, 0.4) is 0 Å². The summed E-state index contributed by atoms with van der Waals surface area (Å²) in [6.07, 6.45) is 5.49. The molecule has 0 amide bonds. The molecule has 7 nitrogen and oxygen atoms in total. The monoisotopic (exact) mass is 436 g/mol. The lowest BCUT2D eigenvalue weighted by Crippen LogP contribution is -2.22. The molecule has 0 spiro atoms. The number of nitrogens with one attached hydrogen (secondary N) is 1. The van der Waals surface area contributed by atoms with Crippen molar-refractivity contribution in [2.24, 2.45) is 0 Å². The Hall–Kier alpha value is -4.10. The molecule has 5 aromatic rings. The predicted molar refractivity (Wildman–Crippen MR) is 130 cm³/mol. The lowest BCUT2D eigenvalue weighted by molar-refractivity contribution is 0.617. The molecule has 0 radical (unpaired) electrons. The van der Waals surface area contributed by atoms with Gasteiger partial charge in [0.05, 0.1) is 10.9 Å². The largest absolute Gasteiger partial charge is 0.330 e. The first-order chi connectivity index (χ1) is 16.3. The predicted octanol–water partition coefficient (Wildman–Crippen LogP) is 3.92. The second kappa shape index (κ2) is 9.18. The number of aromatic nitrogens is 5. The van der Waals surface area contributed by atoms with E-state index in [9.17, 15) is 4.79 Å². The second-order valence-corrected chi connectivity index (χ2v) is 7.66. The first-order valence-electron chi connectivity index (χ1n) is 11.0. The van der Waals surface area contributed by atoms with Crippen molar-refractivity contribution in [3.05, 3.63) is 95.7 Å². The van der Waals surface area contributed by atoms with E-state index in [0.29, 0.717) is 22.5 Å². The fraction of sp³-hybridized carbons (Fsp3) is 0.154. The van der Waals surface area contributed by atoms with Gasteiger partial charge in [-0.1, -0.05) is 49.4 Å². The highest BCUT2D eigenvalue weighted by atomic mass is 16.1. The zero-order chi connectivity index (χ0) is 22.6. The third kappa shape index (κ3) is 4.06. The van der Waals surface area contributed by atoms with E-state index < -0.39 is 0 Å². The van der Waals surface area contributed by atoms with Gasteiger partial charge in [-0.2, -0.15) is 0 Å². The van der Waals surface area contributed by atoms with Crippen LogP contribution >= 0.6 is 0 Å². The first kappa shape index (κ1) is 20.8. The minimum absolute atomic E-state index is 0.141. The van der Waals surface area contributed by atoms with Crippen molar-refractivity contribution in [1.29, 1.82) is 0 Å². The summed E-state index contributed by atoms with van der Waals surface area (Å²) in [4.78, 5) is 27.2. The minimum atomic E-state index is -0.141. The van der Waals surface area contributed by atoms with Gasteiger partial charge >= 0.3 is 0 Å². The van der Waals surface area contributed by atoms with E-state index in [1.165, 1.54) is 0 Å². The van der Waals surface area contributed by atoms with E-state index in [-0.39, 0.29) is 5.56 Å². The summed E-state index contributed by atoms with van der Waals surface area (Å²) in [6.45, 7) is 4.76. The second-order valence-electron chi connectivity index (χ2n) is 7.66. The van der Waals surface area contributed by atoms with Gasteiger partial charge in [0.2, 0.25) is 0 Å². The van der Waals surface area contributed by atoms with Gasteiger partial charge < -0.3 is 9.88 Å². The van der Waals surface area contributed by atoms with E-state index in [1.54, 1.807) is 16.8 Å². The maximum absolute atomic E-state index is 13.4. The number of pyridine rings is 1. The zero-order valence-electron chi connectivity index (χ0n) is 18.3. The smallest absolute Gasteiger partial charge is 0.267 e. The summed E-state index contributed by atoms with van der Waals surface area (Å²) in [5, 5.41) is 3.90. The number of hydrogen-bond donors (Lipinski definition) is 1. The Bertz CT molecular complexity index is 1440. The third-order valence-corrected chi connectivity index (χ3v) is 5.55. The van der Waals surface area contributed by atoms with Gasteiger partial charge in [0.15, 0.2) is 0 Å². The molecule has 0 aliphatic rings. The summed E-state index contributed by atoms with van der Waals surface area (Å²) >= 11 is 0. The van der Waals surface area contributed by atoms with Crippen molar-refractivity contribution in [3.63, 3.8) is 0 Å². The SMILES string of the molecule is CCNCCn1ccnc1-c1ccc(-c2nc3ccccc3c(=O)n2-c2ccccn2)cc1. The van der Waals surface area contributed by atoms with Crippen LogP contribution < -0.4 is 10.9 Å². The fourth-order valence-electron chi connectivity index (χ4n) is 3.92. The van der Waals surface area contributed by atoms with Crippen LogP contribution in [-0.2, 0) is 6.54 Å². The van der Waals surface area contributed by atoms with E-state index >= 15 is 0 Å². The van der Waals surface area contributed by atoms with Gasteiger partial charge in [-0.05, 0) is 30.8 Å². The van der Waals surface area contributed by atoms with Gasteiger partial charge in [0.25, 0.3) is 5.56 Å². The molecule has 1 N–H and O–H groups in total. The van der Waals surface area contributed by atoms with Crippen LogP contribution in [0.2, 0.25) is 0 Å². The number of fused-ring (bicyclic) bond motifs is 1. The Morgan fingerprint density at radius 3 is 2.36 bits per heavy atom. The zero-order valence-corrected chi connectivity index (χ0v) is 18.3. The summed E-state index contributed by atoms with van der Waals surface area (Å²) in [5.41, 5.74) is 2.36. The van der Waals surface area contributed by atoms with Crippen LogP contribution in [0, 0.1) is 0 Å². The molecule has 0 aliphatic carbocycles. The molecule has 0 unspecified atom stereocenters. The molecule has 0 saturated heterocycles. The maximum Gasteiger partial charge on any atom is 0.267 e. The molecule has 0 bridgehead atoms. The topological polar surface area (TPSA) is 77.6 Å². The van der Waals surface area contributed by atoms with Gasteiger partial charge in [0.1, 0.15) is 17.5 Å². The highest BCUT2D eigenvalue weighted by molar-refractivity contribution is 5.80. The summed E-state index contributed by atoms with van der Waals surface area (Å²) < 4.78 is 3.71. The molecule has 5 rings (SSSR count). The number of para-hydroxylation sites is 1. The molecule has 33 heavy (non-hydrogen) atoms. The molecule has 0 saturated carbocycles. The van der Waals surface area contributed by atoms with Crippen LogP contribution in [0.4, 0.5) is 0 Å². The lowest BCUT2D eigenvalue weighted by Gasteiger charge is -2.14. The van der Waals surface area contributed by atoms with Crippen LogP contribution in [0.15, 0.2) is 90.1 Å². The van der Waals surface area contributed by atoms with Crippen molar-refractivity contribution in [3.8, 4) is 28.6 Å². The van der Waals surface area contributed by atoms with Gasteiger partial charge in [0, 0.05) is 42.8 Å². The Morgan fingerprint density at radius 2 is 1.61 bits per heavy atom. The fourth-order valence-corrected chi connectivity index (χ4v) is 3.92. The number of benzene rings is 2. The Labute approximate surface area is 191 Å². The van der Waals surface area contributed by atoms with E-state index in [2.05, 4.69) is 26.8 Å². The van der Waals surface area contributed by atoms with E-state index in [0.717, 1.165) is 36.6 Å². The molecule has 0 fully saturated rings. The van der Waals surface area contributed by atoms with E-state index in [1.807, 2.05) is 73.1 Å². The molecule has 0 aliphatic heterocycles. The molecular weight excluding hydrogens is 412 g/mol. The standard InChI is InChI=1S/C26H24N6O/c1-2-27-15-17-31-18-16-29-24(31)19-10-12-20(13-11-19)25-30-22-8-4-3-7-21(22)26(33)32(25)23-9-5-6-14-28-23/h3-14,16,18,27H,2,15,17H2,1H3. The minimum Gasteiger partial charge on any atom is -0.330 e. The van der Waals surface area contributed by atoms with Crippen molar-refractivity contribution in [2.75, 3.05) is 13.1 Å². The third-order valence-electron chi connectivity index (χ3n) is 5.55.